The lowest BCUT2D eigenvalue weighted by atomic mass is 10.1. The number of halogens is 2. The summed E-state index contributed by atoms with van der Waals surface area (Å²) in [5.74, 6) is -0.265. The van der Waals surface area contributed by atoms with Crippen LogP contribution in [0.1, 0.15) is 45.4 Å². The fraction of sp³-hybridized carbons (Fsp3) is 0.769. The largest absolute Gasteiger partial charge is 0.462 e. The van der Waals surface area contributed by atoms with Gasteiger partial charge in [-0.1, -0.05) is 76.6 Å². The van der Waals surface area contributed by atoms with Crippen molar-refractivity contribution in [2.45, 2.75) is 54.9 Å². The number of hydrogen-bond donors (Lipinski definition) is 0. The Hall–Kier alpha value is 0.387. The lowest BCUT2D eigenvalue weighted by Crippen LogP contribution is -2.06. The molecular formula is C13H24Br2O2Si. The van der Waals surface area contributed by atoms with Crippen molar-refractivity contribution in [2.75, 3.05) is 6.61 Å². The predicted octanol–water partition coefficient (Wildman–Crippen LogP) is 4.11. The third kappa shape index (κ3) is 12.8. The molecule has 0 aliphatic heterocycles. The maximum Gasteiger partial charge on any atom is 0.333 e. The molecule has 0 unspecified atom stereocenters. The third-order valence-electron chi connectivity index (χ3n) is 2.65. The van der Waals surface area contributed by atoms with Gasteiger partial charge in [0.05, 0.1) is 9.97 Å². The van der Waals surface area contributed by atoms with Gasteiger partial charge in [-0.25, -0.2) is 4.79 Å². The van der Waals surface area contributed by atoms with Gasteiger partial charge in [0.2, 0.25) is 0 Å². The Kier molecular flexibility index (Phi) is 12.7. The van der Waals surface area contributed by atoms with E-state index in [1.54, 1.807) is 6.92 Å². The summed E-state index contributed by atoms with van der Waals surface area (Å²) in [6.45, 7) is 5.76. The van der Waals surface area contributed by atoms with Crippen molar-refractivity contribution in [1.82, 2.24) is 0 Å². The quantitative estimate of drug-likeness (QED) is 0.172. The molecule has 0 rings (SSSR count). The molecule has 0 atom stereocenters. The third-order valence-corrected chi connectivity index (χ3v) is 6.74. The van der Waals surface area contributed by atoms with Gasteiger partial charge in [-0.2, -0.15) is 0 Å². The fourth-order valence-corrected chi connectivity index (χ4v) is 4.47. The van der Waals surface area contributed by atoms with Gasteiger partial charge < -0.3 is 4.74 Å². The summed E-state index contributed by atoms with van der Waals surface area (Å²) >= 11 is 7.08. The Morgan fingerprint density at radius 1 is 1.17 bits per heavy atom. The Balaban J connectivity index is 3.12. The topological polar surface area (TPSA) is 26.3 Å². The van der Waals surface area contributed by atoms with Crippen LogP contribution in [-0.4, -0.2) is 25.5 Å². The average Bonchev–Trinajstić information content (AvgIpc) is 2.30. The number of rotatable bonds is 11. The SMILES string of the molecule is C=C(C)C(=O)OCCCCCCCC[SiH2]C(Br)Br. The maximum atomic E-state index is 11.1. The van der Waals surface area contributed by atoms with E-state index in [2.05, 4.69) is 38.4 Å². The van der Waals surface area contributed by atoms with E-state index in [-0.39, 0.29) is 15.5 Å². The van der Waals surface area contributed by atoms with Crippen LogP contribution < -0.4 is 0 Å². The summed E-state index contributed by atoms with van der Waals surface area (Å²) in [6.07, 6.45) is 7.38. The van der Waals surface area contributed by atoms with E-state index >= 15 is 0 Å². The van der Waals surface area contributed by atoms with Crippen molar-refractivity contribution >= 4 is 47.3 Å². The van der Waals surface area contributed by atoms with Crippen LogP contribution in [0, 0.1) is 0 Å². The average molecular weight is 400 g/mol. The minimum absolute atomic E-state index is 0.0491. The molecule has 106 valence electrons. The van der Waals surface area contributed by atoms with Crippen LogP contribution in [-0.2, 0) is 9.53 Å². The summed E-state index contributed by atoms with van der Waals surface area (Å²) in [5, 5.41) is 0. The summed E-state index contributed by atoms with van der Waals surface area (Å²) in [6, 6.07) is 1.41. The molecule has 0 aliphatic carbocycles. The molecule has 0 aromatic heterocycles. The first-order valence-corrected chi connectivity index (χ1v) is 10.3. The molecule has 2 nitrogen and oxygen atoms in total. The summed E-state index contributed by atoms with van der Waals surface area (Å²) in [5.41, 5.74) is 0.482. The van der Waals surface area contributed by atoms with Crippen LogP contribution >= 0.6 is 31.9 Å². The lowest BCUT2D eigenvalue weighted by Gasteiger charge is -2.04. The van der Waals surface area contributed by atoms with Gasteiger partial charge in [0.1, 0.15) is 0 Å². The van der Waals surface area contributed by atoms with Crippen molar-refractivity contribution in [3.05, 3.63) is 12.2 Å². The first-order chi connectivity index (χ1) is 8.54. The highest BCUT2D eigenvalue weighted by molar-refractivity contribution is 9.25. The van der Waals surface area contributed by atoms with Gasteiger partial charge in [-0.15, -0.1) is 0 Å². The van der Waals surface area contributed by atoms with Crippen LogP contribution in [0.15, 0.2) is 12.2 Å². The van der Waals surface area contributed by atoms with Crippen molar-refractivity contribution in [1.29, 1.82) is 0 Å². The molecule has 0 amide bonds. The van der Waals surface area contributed by atoms with Crippen molar-refractivity contribution < 1.29 is 9.53 Å². The molecule has 0 spiro atoms. The molecular weight excluding hydrogens is 376 g/mol. The lowest BCUT2D eigenvalue weighted by molar-refractivity contribution is -0.139. The van der Waals surface area contributed by atoms with E-state index in [0.29, 0.717) is 15.5 Å². The second-order valence-electron chi connectivity index (χ2n) is 4.57. The molecule has 0 heterocycles. The van der Waals surface area contributed by atoms with E-state index in [1.807, 2.05) is 0 Å². The van der Waals surface area contributed by atoms with E-state index in [9.17, 15) is 4.79 Å². The zero-order valence-corrected chi connectivity index (χ0v) is 15.8. The molecule has 0 aromatic rings. The van der Waals surface area contributed by atoms with Crippen molar-refractivity contribution in [3.63, 3.8) is 0 Å². The molecule has 0 aliphatic rings. The molecule has 0 saturated carbocycles. The fourth-order valence-electron chi connectivity index (χ4n) is 1.57. The standard InChI is InChI=1S/C13H24Br2O2Si/c1-11(2)12(16)17-9-7-5-3-4-6-8-10-18-13(14)15/h13H,1,3-10,18H2,2H3. The highest BCUT2D eigenvalue weighted by Crippen LogP contribution is 2.12. The smallest absolute Gasteiger partial charge is 0.333 e. The number of alkyl halides is 2. The zero-order chi connectivity index (χ0) is 13.8. The Morgan fingerprint density at radius 2 is 1.72 bits per heavy atom. The van der Waals surface area contributed by atoms with Crippen LogP contribution in [0.3, 0.4) is 0 Å². The van der Waals surface area contributed by atoms with Crippen molar-refractivity contribution in [3.8, 4) is 0 Å². The van der Waals surface area contributed by atoms with Gasteiger partial charge in [-0.05, 0) is 13.3 Å². The van der Waals surface area contributed by atoms with Crippen molar-refractivity contribution in [2.24, 2.45) is 0 Å². The van der Waals surface area contributed by atoms with Gasteiger partial charge >= 0.3 is 5.97 Å². The first-order valence-electron chi connectivity index (χ1n) is 6.65. The van der Waals surface area contributed by atoms with Gasteiger partial charge in [0.25, 0.3) is 0 Å². The highest BCUT2D eigenvalue weighted by Gasteiger charge is 2.02. The van der Waals surface area contributed by atoms with Crippen LogP contribution in [0.5, 0.6) is 0 Å². The molecule has 0 radical (unpaired) electrons. The van der Waals surface area contributed by atoms with Gasteiger partial charge in [0.15, 0.2) is 0 Å². The second-order valence-corrected chi connectivity index (χ2v) is 12.5. The predicted molar refractivity (Wildman–Crippen MR) is 88.5 cm³/mol. The van der Waals surface area contributed by atoms with E-state index in [0.717, 1.165) is 12.8 Å². The highest BCUT2D eigenvalue weighted by atomic mass is 79.9. The minimum atomic E-state index is -0.265. The second kappa shape index (κ2) is 12.4. The number of esters is 1. The minimum Gasteiger partial charge on any atom is -0.462 e. The Morgan fingerprint density at radius 3 is 2.28 bits per heavy atom. The van der Waals surface area contributed by atoms with Crippen LogP contribution in [0.2, 0.25) is 6.04 Å². The number of unbranched alkanes of at least 4 members (excludes halogenated alkanes) is 5. The van der Waals surface area contributed by atoms with E-state index in [1.165, 1.54) is 31.7 Å². The number of hydrogen-bond acceptors (Lipinski definition) is 2. The normalized spacial score (nSPS) is 11.3. The molecule has 0 saturated heterocycles. The number of ether oxygens (including phenoxy) is 1. The summed E-state index contributed by atoms with van der Waals surface area (Å²) < 4.78 is 5.64. The van der Waals surface area contributed by atoms with E-state index in [4.69, 9.17) is 4.74 Å². The number of carbonyl (C=O) groups excluding carboxylic acids is 1. The van der Waals surface area contributed by atoms with Gasteiger partial charge in [-0.3, -0.25) is 0 Å². The molecule has 0 bridgehead atoms. The summed E-state index contributed by atoms with van der Waals surface area (Å²) in [4.78, 5) is 11.1. The Bertz CT molecular complexity index is 245. The summed E-state index contributed by atoms with van der Waals surface area (Å²) in [7, 11) is 0.0491. The zero-order valence-electron chi connectivity index (χ0n) is 11.2. The van der Waals surface area contributed by atoms with Crippen LogP contribution in [0.4, 0.5) is 0 Å². The van der Waals surface area contributed by atoms with E-state index < -0.39 is 0 Å². The van der Waals surface area contributed by atoms with Crippen LogP contribution in [0.25, 0.3) is 0 Å². The molecule has 18 heavy (non-hydrogen) atoms. The first kappa shape index (κ1) is 18.4. The molecule has 0 fully saturated rings. The van der Waals surface area contributed by atoms with Gasteiger partial charge in [0, 0.05) is 15.1 Å². The number of carbonyl (C=O) groups is 1. The molecule has 0 N–H and O–H groups in total. The maximum absolute atomic E-state index is 11.1. The Labute approximate surface area is 130 Å². The molecule has 0 aromatic carbocycles. The monoisotopic (exact) mass is 398 g/mol. The molecule has 5 heteroatoms.